The van der Waals surface area contributed by atoms with Crippen LogP contribution in [-0.2, 0) is 0 Å². The van der Waals surface area contributed by atoms with E-state index in [1.807, 2.05) is 0 Å². The number of likely N-dealkylation sites (tertiary alicyclic amines) is 1. The number of hydrogen-bond acceptors (Lipinski definition) is 4. The van der Waals surface area contributed by atoms with E-state index in [2.05, 4.69) is 15.9 Å². The molecule has 7 heteroatoms. The van der Waals surface area contributed by atoms with Gasteiger partial charge in [-0.1, -0.05) is 15.9 Å². The molecule has 0 bridgehead atoms. The number of nitrogens with zero attached hydrogens (tertiary/aromatic N) is 2. The largest absolute Gasteiger partial charge is 0.433 e. The summed E-state index contributed by atoms with van der Waals surface area (Å²) in [5.41, 5.74) is 0. The number of alkyl halides is 1. The molecule has 1 amide bonds. The minimum Gasteiger partial charge on any atom is -0.395 e. The summed E-state index contributed by atoms with van der Waals surface area (Å²) in [7, 11) is 0. The third-order valence-corrected chi connectivity index (χ3v) is 3.92. The predicted molar refractivity (Wildman–Crippen MR) is 67.8 cm³/mol. The summed E-state index contributed by atoms with van der Waals surface area (Å²) in [5, 5.41) is 11.3. The van der Waals surface area contributed by atoms with E-state index >= 15 is 0 Å². The summed E-state index contributed by atoms with van der Waals surface area (Å²) >= 11 is 3.42. The zero-order valence-corrected chi connectivity index (χ0v) is 11.3. The fourth-order valence-corrected chi connectivity index (χ4v) is 2.60. The number of carbonyl (C=O) groups is 1. The minimum absolute atomic E-state index is 0.0388. The van der Waals surface area contributed by atoms with Gasteiger partial charge in [0.2, 0.25) is 0 Å². The topological polar surface area (TPSA) is 76.6 Å². The Morgan fingerprint density at radius 1 is 1.61 bits per heavy atom. The summed E-state index contributed by atoms with van der Waals surface area (Å²) in [5.74, 6) is -0.189. The molecule has 0 spiro atoms. The molecule has 1 saturated heterocycles. The molecule has 0 N–H and O–H groups in total. The third-order valence-electron chi connectivity index (χ3n) is 3.01. The van der Waals surface area contributed by atoms with Gasteiger partial charge in [-0.3, -0.25) is 14.9 Å². The Balaban J connectivity index is 2.07. The van der Waals surface area contributed by atoms with E-state index < -0.39 is 10.8 Å². The Hall–Kier alpha value is -1.37. The molecule has 1 fully saturated rings. The van der Waals surface area contributed by atoms with Crippen molar-refractivity contribution in [3.8, 4) is 0 Å². The van der Waals surface area contributed by atoms with Crippen molar-refractivity contribution in [1.29, 1.82) is 0 Å². The van der Waals surface area contributed by atoms with Gasteiger partial charge in [-0.25, -0.2) is 0 Å². The second-order valence-electron chi connectivity index (χ2n) is 4.31. The second-order valence-corrected chi connectivity index (χ2v) is 4.96. The number of carbonyl (C=O) groups excluding carboxylic acids is 1. The number of amides is 1. The third kappa shape index (κ3) is 2.72. The van der Waals surface area contributed by atoms with Crippen molar-refractivity contribution in [2.75, 3.05) is 18.4 Å². The highest BCUT2D eigenvalue weighted by molar-refractivity contribution is 9.09. The number of nitro groups is 1. The molecular weight excluding hydrogens is 304 g/mol. The molecule has 0 radical (unpaired) electrons. The van der Waals surface area contributed by atoms with Crippen molar-refractivity contribution in [2.24, 2.45) is 5.92 Å². The number of rotatable bonds is 3. The lowest BCUT2D eigenvalue weighted by Gasteiger charge is -2.31. The Morgan fingerprint density at radius 3 is 3.00 bits per heavy atom. The van der Waals surface area contributed by atoms with Gasteiger partial charge in [0.1, 0.15) is 4.92 Å². The molecule has 18 heavy (non-hydrogen) atoms. The van der Waals surface area contributed by atoms with Crippen LogP contribution in [0.4, 0.5) is 5.88 Å². The average molecular weight is 317 g/mol. The lowest BCUT2D eigenvalue weighted by atomic mass is 10.00. The first-order valence-electron chi connectivity index (χ1n) is 5.71. The molecule has 1 aliphatic heterocycles. The summed E-state index contributed by atoms with van der Waals surface area (Å²) in [6.07, 6.45) is 2.04. The number of halogens is 1. The van der Waals surface area contributed by atoms with Crippen LogP contribution in [0.3, 0.4) is 0 Å². The van der Waals surface area contributed by atoms with Crippen LogP contribution >= 0.6 is 15.9 Å². The number of piperidine rings is 1. The van der Waals surface area contributed by atoms with E-state index in [1.165, 1.54) is 12.1 Å². The van der Waals surface area contributed by atoms with Crippen LogP contribution < -0.4 is 0 Å². The summed E-state index contributed by atoms with van der Waals surface area (Å²) in [6.45, 7) is 1.34. The molecule has 0 aromatic carbocycles. The van der Waals surface area contributed by atoms with E-state index in [-0.39, 0.29) is 11.7 Å². The summed E-state index contributed by atoms with van der Waals surface area (Å²) in [4.78, 5) is 23.6. The Kier molecular flexibility index (Phi) is 4.00. The molecule has 2 heterocycles. The van der Waals surface area contributed by atoms with Gasteiger partial charge in [-0.15, -0.1) is 0 Å². The average Bonchev–Trinajstić information content (AvgIpc) is 2.87. The van der Waals surface area contributed by atoms with E-state index in [0.29, 0.717) is 19.0 Å². The van der Waals surface area contributed by atoms with Gasteiger partial charge in [-0.05, 0) is 24.8 Å². The van der Waals surface area contributed by atoms with Crippen LogP contribution in [-0.4, -0.2) is 34.2 Å². The Bertz CT molecular complexity index is 460. The first-order valence-corrected chi connectivity index (χ1v) is 6.83. The molecule has 1 aromatic heterocycles. The van der Waals surface area contributed by atoms with Crippen molar-refractivity contribution < 1.29 is 14.1 Å². The van der Waals surface area contributed by atoms with E-state index in [4.69, 9.17) is 4.42 Å². The molecule has 0 aliphatic carbocycles. The number of furan rings is 1. The van der Waals surface area contributed by atoms with Crippen molar-refractivity contribution in [2.45, 2.75) is 12.8 Å². The molecule has 1 aromatic rings. The summed E-state index contributed by atoms with van der Waals surface area (Å²) < 4.78 is 4.93. The van der Waals surface area contributed by atoms with Crippen molar-refractivity contribution in [1.82, 2.24) is 4.90 Å². The highest BCUT2D eigenvalue weighted by Gasteiger charge is 2.27. The van der Waals surface area contributed by atoms with E-state index in [9.17, 15) is 14.9 Å². The Labute approximate surface area is 112 Å². The molecule has 1 atom stereocenters. The normalized spacial score (nSPS) is 19.8. The maximum atomic E-state index is 12.1. The standard InChI is InChI=1S/C11H13BrN2O4/c12-6-8-2-1-5-13(7-8)11(15)9-3-4-10(18-9)14(16)17/h3-4,8H,1-2,5-7H2. The second kappa shape index (κ2) is 5.51. The van der Waals surface area contributed by atoms with Crippen LogP contribution in [0.5, 0.6) is 0 Å². The SMILES string of the molecule is O=C(c1ccc([N+](=O)[O-])o1)N1CCCC(CBr)C1. The highest BCUT2D eigenvalue weighted by Crippen LogP contribution is 2.22. The van der Waals surface area contributed by atoms with Gasteiger partial charge in [0.25, 0.3) is 5.91 Å². The quantitative estimate of drug-likeness (QED) is 0.487. The van der Waals surface area contributed by atoms with E-state index in [0.717, 1.165) is 18.2 Å². The van der Waals surface area contributed by atoms with Crippen LogP contribution in [0.15, 0.2) is 16.5 Å². The van der Waals surface area contributed by atoms with Gasteiger partial charge in [0.05, 0.1) is 6.07 Å². The van der Waals surface area contributed by atoms with Gasteiger partial charge < -0.3 is 9.32 Å². The van der Waals surface area contributed by atoms with Gasteiger partial charge in [-0.2, -0.15) is 0 Å². The summed E-state index contributed by atoms with van der Waals surface area (Å²) in [6, 6.07) is 2.57. The zero-order valence-electron chi connectivity index (χ0n) is 9.67. The van der Waals surface area contributed by atoms with Crippen molar-refractivity contribution in [3.05, 3.63) is 28.0 Å². The van der Waals surface area contributed by atoms with Gasteiger partial charge in [0.15, 0.2) is 5.76 Å². The Morgan fingerprint density at radius 2 is 2.39 bits per heavy atom. The highest BCUT2D eigenvalue weighted by atomic mass is 79.9. The van der Waals surface area contributed by atoms with Gasteiger partial charge in [0, 0.05) is 18.4 Å². The van der Waals surface area contributed by atoms with Gasteiger partial charge >= 0.3 is 5.88 Å². The molecule has 98 valence electrons. The number of hydrogen-bond donors (Lipinski definition) is 0. The zero-order chi connectivity index (χ0) is 13.1. The maximum Gasteiger partial charge on any atom is 0.433 e. The molecule has 2 rings (SSSR count). The first-order chi connectivity index (χ1) is 8.61. The van der Waals surface area contributed by atoms with Crippen LogP contribution in [0.25, 0.3) is 0 Å². The fourth-order valence-electron chi connectivity index (χ4n) is 2.07. The molecule has 1 unspecified atom stereocenters. The van der Waals surface area contributed by atoms with Crippen molar-refractivity contribution in [3.63, 3.8) is 0 Å². The lowest BCUT2D eigenvalue weighted by Crippen LogP contribution is -2.40. The molecule has 6 nitrogen and oxygen atoms in total. The minimum atomic E-state index is -0.645. The van der Waals surface area contributed by atoms with Crippen LogP contribution in [0.1, 0.15) is 23.4 Å². The van der Waals surface area contributed by atoms with Crippen LogP contribution in [0.2, 0.25) is 0 Å². The molecule has 0 saturated carbocycles. The lowest BCUT2D eigenvalue weighted by molar-refractivity contribution is -0.402. The van der Waals surface area contributed by atoms with E-state index in [1.54, 1.807) is 4.90 Å². The smallest absolute Gasteiger partial charge is 0.395 e. The monoisotopic (exact) mass is 316 g/mol. The van der Waals surface area contributed by atoms with Crippen molar-refractivity contribution >= 4 is 27.7 Å². The predicted octanol–water partition coefficient (Wildman–Crippen LogP) is 2.43. The van der Waals surface area contributed by atoms with Crippen LogP contribution in [0, 0.1) is 16.0 Å². The fraction of sp³-hybridized carbons (Fsp3) is 0.545. The first kappa shape index (κ1) is 13.1. The molecular formula is C11H13BrN2O4. The molecule has 1 aliphatic rings. The maximum absolute atomic E-state index is 12.1.